The number of benzene rings is 2. The molecule has 0 saturated carbocycles. The van der Waals surface area contributed by atoms with Crippen LogP contribution in [0.5, 0.6) is 0 Å². The Balaban J connectivity index is 2.43. The lowest BCUT2D eigenvalue weighted by molar-refractivity contribution is -0.130. The standard InChI is InChI=1S/C15H10BrIO2/c16-12-5-1-10(2-6-12)9-14(15(18)19)11-3-7-13(17)8-4-11/h1-9H,(H,18,19)/b14-9-. The smallest absolute Gasteiger partial charge is 0.336 e. The predicted molar refractivity (Wildman–Crippen MR) is 88.8 cm³/mol. The minimum Gasteiger partial charge on any atom is -0.478 e. The maximum absolute atomic E-state index is 11.4. The van der Waals surface area contributed by atoms with Gasteiger partial charge in [0.2, 0.25) is 0 Å². The summed E-state index contributed by atoms with van der Waals surface area (Å²) in [4.78, 5) is 11.4. The third kappa shape index (κ3) is 3.91. The Morgan fingerprint density at radius 3 is 2.16 bits per heavy atom. The molecular formula is C15H10BrIO2. The molecule has 0 aromatic heterocycles. The Hall–Kier alpha value is -1.14. The molecule has 0 unspecified atom stereocenters. The van der Waals surface area contributed by atoms with E-state index in [2.05, 4.69) is 38.5 Å². The second kappa shape index (κ2) is 6.34. The molecule has 2 aromatic rings. The molecule has 0 atom stereocenters. The van der Waals surface area contributed by atoms with Crippen molar-refractivity contribution >= 4 is 56.1 Å². The molecule has 0 fully saturated rings. The molecule has 0 aliphatic heterocycles. The molecule has 0 bridgehead atoms. The Kier molecular flexibility index (Phi) is 4.76. The molecule has 0 saturated heterocycles. The Morgan fingerprint density at radius 1 is 1.05 bits per heavy atom. The number of carboxylic acids is 1. The SMILES string of the molecule is O=C(O)/C(=C\c1ccc(Br)cc1)c1ccc(I)cc1. The van der Waals surface area contributed by atoms with Crippen LogP contribution in [0.2, 0.25) is 0 Å². The van der Waals surface area contributed by atoms with Gasteiger partial charge in [-0.25, -0.2) is 4.79 Å². The summed E-state index contributed by atoms with van der Waals surface area (Å²) in [6, 6.07) is 15.0. The van der Waals surface area contributed by atoms with Crippen LogP contribution in [0.1, 0.15) is 11.1 Å². The van der Waals surface area contributed by atoms with Crippen LogP contribution in [0.25, 0.3) is 11.6 Å². The second-order valence-corrected chi connectivity index (χ2v) is 6.08. The Morgan fingerprint density at radius 2 is 1.63 bits per heavy atom. The molecule has 0 spiro atoms. The molecular weight excluding hydrogens is 419 g/mol. The molecule has 2 rings (SSSR count). The third-order valence-electron chi connectivity index (χ3n) is 2.57. The second-order valence-electron chi connectivity index (χ2n) is 3.92. The minimum absolute atomic E-state index is 0.290. The van der Waals surface area contributed by atoms with Crippen molar-refractivity contribution < 1.29 is 9.90 Å². The highest BCUT2D eigenvalue weighted by atomic mass is 127. The maximum Gasteiger partial charge on any atom is 0.336 e. The highest BCUT2D eigenvalue weighted by Crippen LogP contribution is 2.21. The summed E-state index contributed by atoms with van der Waals surface area (Å²) < 4.78 is 2.05. The van der Waals surface area contributed by atoms with Gasteiger partial charge in [0.25, 0.3) is 0 Å². The molecule has 96 valence electrons. The lowest BCUT2D eigenvalue weighted by Gasteiger charge is -2.03. The van der Waals surface area contributed by atoms with Gasteiger partial charge in [-0.15, -0.1) is 0 Å². The van der Waals surface area contributed by atoms with Gasteiger partial charge in [0.1, 0.15) is 0 Å². The van der Waals surface area contributed by atoms with Crippen molar-refractivity contribution in [1.82, 2.24) is 0 Å². The summed E-state index contributed by atoms with van der Waals surface area (Å²) in [6.07, 6.45) is 1.68. The van der Waals surface area contributed by atoms with Crippen molar-refractivity contribution in [2.45, 2.75) is 0 Å². The number of carboxylic acid groups (broad SMARTS) is 1. The zero-order chi connectivity index (χ0) is 13.8. The first-order chi connectivity index (χ1) is 9.06. The first-order valence-corrected chi connectivity index (χ1v) is 7.40. The van der Waals surface area contributed by atoms with Crippen molar-refractivity contribution in [3.8, 4) is 0 Å². The van der Waals surface area contributed by atoms with Crippen LogP contribution < -0.4 is 0 Å². The van der Waals surface area contributed by atoms with Crippen LogP contribution in [0.4, 0.5) is 0 Å². The van der Waals surface area contributed by atoms with E-state index < -0.39 is 5.97 Å². The number of halogens is 2. The Labute approximate surface area is 133 Å². The van der Waals surface area contributed by atoms with Gasteiger partial charge in [0.05, 0.1) is 5.57 Å². The van der Waals surface area contributed by atoms with Gasteiger partial charge in [-0.3, -0.25) is 0 Å². The molecule has 0 aliphatic rings. The predicted octanol–water partition coefficient (Wildman–Crippen LogP) is 4.68. The molecule has 0 heterocycles. The van der Waals surface area contributed by atoms with Crippen LogP contribution in [0.15, 0.2) is 53.0 Å². The highest BCUT2D eigenvalue weighted by molar-refractivity contribution is 14.1. The van der Waals surface area contributed by atoms with Gasteiger partial charge < -0.3 is 5.11 Å². The van der Waals surface area contributed by atoms with E-state index in [0.717, 1.165) is 13.6 Å². The van der Waals surface area contributed by atoms with E-state index in [1.807, 2.05) is 48.5 Å². The van der Waals surface area contributed by atoms with E-state index >= 15 is 0 Å². The van der Waals surface area contributed by atoms with Gasteiger partial charge >= 0.3 is 5.97 Å². The van der Waals surface area contributed by atoms with Gasteiger partial charge in [-0.2, -0.15) is 0 Å². The van der Waals surface area contributed by atoms with Gasteiger partial charge in [0, 0.05) is 8.04 Å². The first-order valence-electron chi connectivity index (χ1n) is 5.53. The summed E-state index contributed by atoms with van der Waals surface area (Å²) in [7, 11) is 0. The van der Waals surface area contributed by atoms with Crippen molar-refractivity contribution in [1.29, 1.82) is 0 Å². The minimum atomic E-state index is -0.927. The quantitative estimate of drug-likeness (QED) is 0.438. The number of hydrogen-bond acceptors (Lipinski definition) is 1. The molecule has 1 N–H and O–H groups in total. The summed E-state index contributed by atoms with van der Waals surface area (Å²) in [6.45, 7) is 0. The molecule has 0 aliphatic carbocycles. The lowest BCUT2D eigenvalue weighted by Crippen LogP contribution is -1.99. The van der Waals surface area contributed by atoms with Crippen molar-refractivity contribution in [3.05, 3.63) is 67.7 Å². The van der Waals surface area contributed by atoms with E-state index in [4.69, 9.17) is 0 Å². The van der Waals surface area contributed by atoms with E-state index in [1.165, 1.54) is 0 Å². The fraction of sp³-hybridized carbons (Fsp3) is 0. The number of aliphatic carboxylic acids is 1. The van der Waals surface area contributed by atoms with E-state index in [0.29, 0.717) is 11.1 Å². The van der Waals surface area contributed by atoms with Crippen molar-refractivity contribution in [2.24, 2.45) is 0 Å². The molecule has 4 heteroatoms. The van der Waals surface area contributed by atoms with E-state index in [9.17, 15) is 9.90 Å². The number of hydrogen-bond donors (Lipinski definition) is 1. The highest BCUT2D eigenvalue weighted by Gasteiger charge is 2.10. The topological polar surface area (TPSA) is 37.3 Å². The van der Waals surface area contributed by atoms with Crippen LogP contribution in [0.3, 0.4) is 0 Å². The normalized spacial score (nSPS) is 11.4. The monoisotopic (exact) mass is 428 g/mol. The van der Waals surface area contributed by atoms with Crippen LogP contribution in [-0.4, -0.2) is 11.1 Å². The summed E-state index contributed by atoms with van der Waals surface area (Å²) in [5.74, 6) is -0.927. The molecule has 0 radical (unpaired) electrons. The average Bonchev–Trinajstić information content (AvgIpc) is 2.39. The van der Waals surface area contributed by atoms with Crippen LogP contribution >= 0.6 is 38.5 Å². The third-order valence-corrected chi connectivity index (χ3v) is 3.81. The van der Waals surface area contributed by atoms with Gasteiger partial charge in [0.15, 0.2) is 0 Å². The molecule has 2 nitrogen and oxygen atoms in total. The average molecular weight is 429 g/mol. The van der Waals surface area contributed by atoms with Crippen LogP contribution in [-0.2, 0) is 4.79 Å². The summed E-state index contributed by atoms with van der Waals surface area (Å²) >= 11 is 5.55. The maximum atomic E-state index is 11.4. The molecule has 2 aromatic carbocycles. The van der Waals surface area contributed by atoms with Gasteiger partial charge in [-0.05, 0) is 64.1 Å². The zero-order valence-corrected chi connectivity index (χ0v) is 13.6. The van der Waals surface area contributed by atoms with Crippen molar-refractivity contribution in [2.75, 3.05) is 0 Å². The van der Waals surface area contributed by atoms with Crippen LogP contribution in [0, 0.1) is 3.57 Å². The van der Waals surface area contributed by atoms with E-state index in [-0.39, 0.29) is 0 Å². The molecule has 0 amide bonds. The molecule has 19 heavy (non-hydrogen) atoms. The Bertz CT molecular complexity index is 616. The number of carbonyl (C=O) groups is 1. The van der Waals surface area contributed by atoms with E-state index in [1.54, 1.807) is 6.08 Å². The van der Waals surface area contributed by atoms with Crippen molar-refractivity contribution in [3.63, 3.8) is 0 Å². The summed E-state index contributed by atoms with van der Waals surface area (Å²) in [5, 5.41) is 9.33. The first kappa shape index (κ1) is 14.3. The zero-order valence-electron chi connectivity index (χ0n) is 9.81. The fourth-order valence-corrected chi connectivity index (χ4v) is 2.25. The number of rotatable bonds is 3. The lowest BCUT2D eigenvalue weighted by atomic mass is 10.0. The fourth-order valence-electron chi connectivity index (χ4n) is 1.62. The van der Waals surface area contributed by atoms with Gasteiger partial charge in [-0.1, -0.05) is 40.2 Å². The largest absolute Gasteiger partial charge is 0.478 e. The summed E-state index contributed by atoms with van der Waals surface area (Å²) in [5.41, 5.74) is 1.86.